The van der Waals surface area contributed by atoms with Crippen molar-refractivity contribution in [1.82, 2.24) is 0 Å². The second-order valence-electron chi connectivity index (χ2n) is 0.204. The molecule has 0 atom stereocenters. The smallest absolute Gasteiger partial charge is 1.00 e. The Balaban J connectivity index is 0. The first-order chi connectivity index (χ1) is 1.73. The van der Waals surface area contributed by atoms with Crippen molar-refractivity contribution in [2.45, 2.75) is 0 Å². The minimum Gasteiger partial charge on any atom is 1.00 e. The average Bonchev–Trinajstić information content (AvgIpc) is 0.811. The van der Waals surface area contributed by atoms with Gasteiger partial charge in [-0.2, -0.15) is 0 Å². The van der Waals surface area contributed by atoms with Crippen LogP contribution in [0.1, 0.15) is 0 Å². The van der Waals surface area contributed by atoms with Gasteiger partial charge in [0.15, 0.2) is 0 Å². The van der Waals surface area contributed by atoms with E-state index in [0.717, 1.165) is 0 Å². The number of hydrogen-bond acceptors (Lipinski definition) is 3. The van der Waals surface area contributed by atoms with Gasteiger partial charge >= 0.3 is 49.3 Å². The van der Waals surface area contributed by atoms with Crippen molar-refractivity contribution in [1.29, 1.82) is 0 Å². The van der Waals surface area contributed by atoms with Crippen LogP contribution >= 0.6 is 0 Å². The Kier molecular flexibility index (Phi) is 9.65. The second kappa shape index (κ2) is 5.11. The Morgan fingerprint density at radius 1 is 1.40 bits per heavy atom. The van der Waals surface area contributed by atoms with Crippen molar-refractivity contribution < 1.29 is 28.9 Å². The van der Waals surface area contributed by atoms with Crippen molar-refractivity contribution in [3.8, 4) is 0 Å². The van der Waals surface area contributed by atoms with E-state index >= 15 is 0 Å². The minimum absolute atomic E-state index is 0. The van der Waals surface area contributed by atoms with E-state index in [1.165, 1.54) is 0 Å². The van der Waals surface area contributed by atoms with Crippen molar-refractivity contribution in [3.05, 3.63) is 0 Å². The van der Waals surface area contributed by atoms with E-state index in [9.17, 15) is 0 Å². The second-order valence-corrected chi connectivity index (χ2v) is 1.37. The van der Waals surface area contributed by atoms with Gasteiger partial charge in [-0.3, -0.25) is 0 Å². The molecule has 0 aliphatic heterocycles. The predicted octanol–water partition coefficient (Wildman–Crippen LogP) is -5.87. The molecule has 0 aromatic heterocycles. The van der Waals surface area contributed by atoms with E-state index in [4.69, 9.17) is 10.0 Å². The summed E-state index contributed by atoms with van der Waals surface area (Å²) in [6.07, 6.45) is 0. The fraction of sp³-hybridized carbons (Fsp3) is 0. The minimum atomic E-state index is -4.11. The Morgan fingerprint density at radius 3 is 1.40 bits per heavy atom. The number of rotatable bonds is 0. The quantitative estimate of drug-likeness (QED) is 0.351. The molecule has 5 heteroatoms. The zero-order valence-corrected chi connectivity index (χ0v) is 4.96. The molecule has 0 rings (SSSR count). The standard InChI is InChI=1S/Li.H2O3Te/c;1-4(2)3/h;(H2,1,2,3)/q+1;/p-2. The van der Waals surface area contributed by atoms with Gasteiger partial charge in [-0.15, -0.1) is 0 Å². The topological polar surface area (TPSA) is 63.2 Å². The Bertz CT molecular complexity index is 29.9. The van der Waals surface area contributed by atoms with Crippen LogP contribution < -0.4 is 25.8 Å². The Morgan fingerprint density at radius 2 is 1.40 bits per heavy atom. The van der Waals surface area contributed by atoms with Gasteiger partial charge in [0.05, 0.1) is 0 Å². The van der Waals surface area contributed by atoms with Gasteiger partial charge in [-0.25, -0.2) is 0 Å². The summed E-state index contributed by atoms with van der Waals surface area (Å²) in [5.41, 5.74) is 0. The maximum absolute atomic E-state index is 8.59. The fourth-order valence-corrected chi connectivity index (χ4v) is 0. The molecule has 0 saturated carbocycles. The van der Waals surface area contributed by atoms with Gasteiger partial charge in [0.25, 0.3) is 0 Å². The molecule has 26 valence electrons. The van der Waals surface area contributed by atoms with Crippen LogP contribution in [-0.2, 0) is 3.10 Å². The molecule has 5 heavy (non-hydrogen) atoms. The summed E-state index contributed by atoms with van der Waals surface area (Å²) in [6.45, 7) is 0. The summed E-state index contributed by atoms with van der Waals surface area (Å²) in [7, 11) is 0. The van der Waals surface area contributed by atoms with Crippen LogP contribution in [0.3, 0.4) is 0 Å². The van der Waals surface area contributed by atoms with E-state index in [-0.39, 0.29) is 18.9 Å². The zero-order valence-electron chi connectivity index (χ0n) is 2.63. The molecule has 3 nitrogen and oxygen atoms in total. The van der Waals surface area contributed by atoms with Crippen LogP contribution in [-0.4, -0.2) is 20.4 Å². The summed E-state index contributed by atoms with van der Waals surface area (Å²) in [5, 5.41) is 0. The van der Waals surface area contributed by atoms with E-state index < -0.39 is 20.4 Å². The molecule has 0 aliphatic rings. The molecule has 0 radical (unpaired) electrons. The van der Waals surface area contributed by atoms with Crippen molar-refractivity contribution in [3.63, 3.8) is 0 Å². The zero-order chi connectivity index (χ0) is 3.58. The van der Waals surface area contributed by atoms with Crippen LogP contribution in [0.5, 0.6) is 0 Å². The summed E-state index contributed by atoms with van der Waals surface area (Å²) >= 11 is -4.11. The molecule has 0 heterocycles. The number of hydrogen-bond donors (Lipinski definition) is 0. The van der Waals surface area contributed by atoms with E-state index in [0.29, 0.717) is 0 Å². The SMILES string of the molecule is O=[Te]([O-])[O-].[Li+]. The normalized spacial score (nSPS) is 7.00. The van der Waals surface area contributed by atoms with Crippen molar-refractivity contribution >= 4 is 20.4 Å². The van der Waals surface area contributed by atoms with Gasteiger partial charge in [-0.05, 0) is 0 Å². The first kappa shape index (κ1) is 9.44. The summed E-state index contributed by atoms with van der Waals surface area (Å²) in [4.78, 5) is 0. The molecule has 0 aromatic carbocycles. The first-order valence-electron chi connectivity index (χ1n) is 0.500. The molecule has 0 amide bonds. The molecular weight excluding hydrogens is 183 g/mol. The molecule has 0 N–H and O–H groups in total. The molecule has 0 aliphatic carbocycles. The molecule has 0 fully saturated rings. The maximum atomic E-state index is 8.59. The molecule has 0 aromatic rings. The molecular formula is LiO3Te-. The predicted molar refractivity (Wildman–Crippen MR) is 6.44 cm³/mol. The molecule has 0 unspecified atom stereocenters. The van der Waals surface area contributed by atoms with Gasteiger partial charge in [0.2, 0.25) is 0 Å². The van der Waals surface area contributed by atoms with Gasteiger partial charge < -0.3 is 0 Å². The maximum Gasteiger partial charge on any atom is 1.00 e. The van der Waals surface area contributed by atoms with Crippen LogP contribution in [0.2, 0.25) is 0 Å². The average molecular weight is 183 g/mol. The third-order valence-electron chi connectivity index (χ3n) is 0. The summed E-state index contributed by atoms with van der Waals surface area (Å²) in [5.74, 6) is 0. The largest absolute Gasteiger partial charge is 1.00 e. The summed E-state index contributed by atoms with van der Waals surface area (Å²) in [6, 6.07) is 0. The first-order valence-corrected chi connectivity index (χ1v) is 3.35. The van der Waals surface area contributed by atoms with Gasteiger partial charge in [-0.1, -0.05) is 0 Å². The third-order valence-corrected chi connectivity index (χ3v) is 0. The van der Waals surface area contributed by atoms with E-state index in [2.05, 4.69) is 0 Å². The monoisotopic (exact) mass is 185 g/mol. The van der Waals surface area contributed by atoms with E-state index in [1.54, 1.807) is 0 Å². The van der Waals surface area contributed by atoms with Gasteiger partial charge in [0.1, 0.15) is 0 Å². The Labute approximate surface area is 49.3 Å². The van der Waals surface area contributed by atoms with Crippen LogP contribution in [0.25, 0.3) is 0 Å². The summed E-state index contributed by atoms with van der Waals surface area (Å²) < 4.78 is 25.8. The molecule has 0 saturated heterocycles. The fourth-order valence-electron chi connectivity index (χ4n) is 0. The van der Waals surface area contributed by atoms with E-state index in [1.807, 2.05) is 0 Å². The van der Waals surface area contributed by atoms with Crippen LogP contribution in [0, 0.1) is 0 Å². The Hall–Kier alpha value is 1.11. The van der Waals surface area contributed by atoms with Crippen LogP contribution in [0.15, 0.2) is 0 Å². The molecule has 0 bridgehead atoms. The molecule has 0 spiro atoms. The van der Waals surface area contributed by atoms with Gasteiger partial charge in [0, 0.05) is 0 Å². The van der Waals surface area contributed by atoms with Crippen molar-refractivity contribution in [2.24, 2.45) is 0 Å². The van der Waals surface area contributed by atoms with Crippen molar-refractivity contribution in [2.75, 3.05) is 0 Å². The third kappa shape index (κ3) is 40.2. The van der Waals surface area contributed by atoms with Crippen LogP contribution in [0.4, 0.5) is 0 Å².